The SMILES string of the molecule is O=C(NCc1cnn2ccccc12)N[C@@H]1CCN(c2ccccc2F)C1. The van der Waals surface area contributed by atoms with E-state index >= 15 is 0 Å². The molecule has 1 atom stereocenters. The molecule has 1 aliphatic rings. The van der Waals surface area contributed by atoms with Crippen LogP contribution in [0.2, 0.25) is 0 Å². The third kappa shape index (κ3) is 3.33. The molecule has 1 aliphatic heterocycles. The van der Waals surface area contributed by atoms with E-state index in [1.54, 1.807) is 22.8 Å². The van der Waals surface area contributed by atoms with Gasteiger partial charge in [-0.25, -0.2) is 13.7 Å². The van der Waals surface area contributed by atoms with E-state index in [9.17, 15) is 9.18 Å². The summed E-state index contributed by atoms with van der Waals surface area (Å²) in [6.07, 6.45) is 4.41. The van der Waals surface area contributed by atoms with Crippen LogP contribution >= 0.6 is 0 Å². The van der Waals surface area contributed by atoms with Gasteiger partial charge in [0.15, 0.2) is 0 Å². The molecular weight excluding hydrogens is 333 g/mol. The summed E-state index contributed by atoms with van der Waals surface area (Å²) in [6, 6.07) is 12.3. The van der Waals surface area contributed by atoms with Gasteiger partial charge in [0.05, 0.1) is 17.4 Å². The van der Waals surface area contributed by atoms with Crippen LogP contribution in [0.3, 0.4) is 0 Å². The number of anilines is 1. The number of carbonyl (C=O) groups excluding carboxylic acids is 1. The largest absolute Gasteiger partial charge is 0.367 e. The predicted octanol–water partition coefficient (Wildman–Crippen LogP) is 2.55. The van der Waals surface area contributed by atoms with Gasteiger partial charge in [-0.15, -0.1) is 0 Å². The number of para-hydroxylation sites is 1. The molecule has 2 amide bonds. The van der Waals surface area contributed by atoms with Gasteiger partial charge in [-0.05, 0) is 30.7 Å². The molecule has 0 aliphatic carbocycles. The molecule has 0 bridgehead atoms. The maximum absolute atomic E-state index is 13.9. The molecule has 3 heterocycles. The van der Waals surface area contributed by atoms with Gasteiger partial charge >= 0.3 is 6.03 Å². The predicted molar refractivity (Wildman–Crippen MR) is 97.6 cm³/mol. The summed E-state index contributed by atoms with van der Waals surface area (Å²) >= 11 is 0. The highest BCUT2D eigenvalue weighted by Crippen LogP contribution is 2.23. The maximum atomic E-state index is 13.9. The highest BCUT2D eigenvalue weighted by Gasteiger charge is 2.25. The van der Waals surface area contributed by atoms with Crippen molar-refractivity contribution in [2.24, 2.45) is 0 Å². The number of benzene rings is 1. The molecule has 0 saturated carbocycles. The summed E-state index contributed by atoms with van der Waals surface area (Å²) in [6.45, 7) is 1.73. The van der Waals surface area contributed by atoms with E-state index in [0.29, 0.717) is 18.8 Å². The number of hydrogen-bond donors (Lipinski definition) is 2. The molecule has 0 spiro atoms. The van der Waals surface area contributed by atoms with E-state index < -0.39 is 0 Å². The zero-order valence-electron chi connectivity index (χ0n) is 14.2. The second kappa shape index (κ2) is 7.03. The molecule has 7 heteroatoms. The van der Waals surface area contributed by atoms with Crippen LogP contribution in [0.25, 0.3) is 5.52 Å². The fourth-order valence-corrected chi connectivity index (χ4v) is 3.34. The summed E-state index contributed by atoms with van der Waals surface area (Å²) < 4.78 is 15.7. The Labute approximate surface area is 150 Å². The number of carbonyl (C=O) groups is 1. The van der Waals surface area contributed by atoms with Gasteiger partial charge in [0.2, 0.25) is 0 Å². The van der Waals surface area contributed by atoms with E-state index in [4.69, 9.17) is 0 Å². The summed E-state index contributed by atoms with van der Waals surface area (Å²) in [4.78, 5) is 14.2. The molecular formula is C19H20FN5O. The van der Waals surface area contributed by atoms with Crippen LogP contribution in [0.1, 0.15) is 12.0 Å². The van der Waals surface area contributed by atoms with Crippen molar-refractivity contribution in [2.45, 2.75) is 19.0 Å². The number of rotatable bonds is 4. The Morgan fingerprint density at radius 2 is 2.08 bits per heavy atom. The van der Waals surface area contributed by atoms with Crippen molar-refractivity contribution in [2.75, 3.05) is 18.0 Å². The number of halogens is 1. The third-order valence-electron chi connectivity index (χ3n) is 4.66. The first-order chi connectivity index (χ1) is 12.7. The molecule has 3 aromatic rings. The second-order valence-electron chi connectivity index (χ2n) is 6.41. The van der Waals surface area contributed by atoms with Crippen LogP contribution in [0.4, 0.5) is 14.9 Å². The Morgan fingerprint density at radius 1 is 1.23 bits per heavy atom. The van der Waals surface area contributed by atoms with Crippen molar-refractivity contribution in [1.82, 2.24) is 20.2 Å². The maximum Gasteiger partial charge on any atom is 0.315 e. The van der Waals surface area contributed by atoms with Crippen LogP contribution in [-0.2, 0) is 6.54 Å². The lowest BCUT2D eigenvalue weighted by Gasteiger charge is -2.19. The highest BCUT2D eigenvalue weighted by atomic mass is 19.1. The van der Waals surface area contributed by atoms with Gasteiger partial charge in [0.1, 0.15) is 5.82 Å². The van der Waals surface area contributed by atoms with Crippen LogP contribution < -0.4 is 15.5 Å². The van der Waals surface area contributed by atoms with Crippen molar-refractivity contribution in [3.63, 3.8) is 0 Å². The van der Waals surface area contributed by atoms with Crippen LogP contribution in [0, 0.1) is 5.82 Å². The number of hydrogen-bond acceptors (Lipinski definition) is 3. The summed E-state index contributed by atoms with van der Waals surface area (Å²) in [5.41, 5.74) is 2.52. The number of urea groups is 1. The van der Waals surface area contributed by atoms with Gasteiger partial charge < -0.3 is 15.5 Å². The van der Waals surface area contributed by atoms with Crippen molar-refractivity contribution >= 4 is 17.2 Å². The Hall–Kier alpha value is -3.09. The molecule has 26 heavy (non-hydrogen) atoms. The Kier molecular flexibility index (Phi) is 4.43. The number of nitrogens with one attached hydrogen (secondary N) is 2. The smallest absolute Gasteiger partial charge is 0.315 e. The van der Waals surface area contributed by atoms with E-state index in [1.165, 1.54) is 6.07 Å². The van der Waals surface area contributed by atoms with Crippen molar-refractivity contribution in [3.8, 4) is 0 Å². The van der Waals surface area contributed by atoms with Gasteiger partial charge in [0.25, 0.3) is 0 Å². The zero-order chi connectivity index (χ0) is 17.9. The van der Waals surface area contributed by atoms with Crippen molar-refractivity contribution < 1.29 is 9.18 Å². The average molecular weight is 353 g/mol. The van der Waals surface area contributed by atoms with E-state index in [2.05, 4.69) is 15.7 Å². The highest BCUT2D eigenvalue weighted by molar-refractivity contribution is 5.74. The van der Waals surface area contributed by atoms with Crippen LogP contribution in [0.5, 0.6) is 0 Å². The molecule has 4 rings (SSSR count). The fraction of sp³-hybridized carbons (Fsp3) is 0.263. The number of nitrogens with zero attached hydrogens (tertiary/aromatic N) is 3. The van der Waals surface area contributed by atoms with Crippen molar-refractivity contribution in [3.05, 3.63) is 66.2 Å². The summed E-state index contributed by atoms with van der Waals surface area (Å²) in [7, 11) is 0. The van der Waals surface area contributed by atoms with E-state index in [1.807, 2.05) is 35.4 Å². The van der Waals surface area contributed by atoms with Crippen molar-refractivity contribution in [1.29, 1.82) is 0 Å². The number of pyridine rings is 1. The minimum atomic E-state index is -0.231. The number of amides is 2. The standard InChI is InChI=1S/C19H20FN5O/c20-16-5-1-2-7-18(16)24-10-8-15(13-24)23-19(26)21-11-14-12-22-25-9-4-3-6-17(14)25/h1-7,9,12,15H,8,10-11,13H2,(H2,21,23,26)/t15-/m1/s1. The lowest BCUT2D eigenvalue weighted by atomic mass is 10.2. The van der Waals surface area contributed by atoms with Gasteiger partial charge in [-0.2, -0.15) is 5.10 Å². The Balaban J connectivity index is 1.31. The lowest BCUT2D eigenvalue weighted by Crippen LogP contribution is -2.43. The first-order valence-corrected chi connectivity index (χ1v) is 8.66. The molecule has 0 radical (unpaired) electrons. The summed E-state index contributed by atoms with van der Waals surface area (Å²) in [5, 5.41) is 10.1. The minimum absolute atomic E-state index is 0.00138. The average Bonchev–Trinajstić information content (AvgIpc) is 3.27. The second-order valence-corrected chi connectivity index (χ2v) is 6.41. The molecule has 1 aromatic carbocycles. The normalized spacial score (nSPS) is 16.8. The summed E-state index contributed by atoms with van der Waals surface area (Å²) in [5.74, 6) is -0.231. The number of aromatic nitrogens is 2. The fourth-order valence-electron chi connectivity index (χ4n) is 3.34. The van der Waals surface area contributed by atoms with Gasteiger partial charge in [-0.1, -0.05) is 18.2 Å². The molecule has 1 fully saturated rings. The zero-order valence-corrected chi connectivity index (χ0v) is 14.2. The molecule has 0 unspecified atom stereocenters. The molecule has 2 aromatic heterocycles. The quantitative estimate of drug-likeness (QED) is 0.758. The lowest BCUT2D eigenvalue weighted by molar-refractivity contribution is 0.237. The van der Waals surface area contributed by atoms with E-state index in [0.717, 1.165) is 24.0 Å². The van der Waals surface area contributed by atoms with E-state index in [-0.39, 0.29) is 17.9 Å². The number of fused-ring (bicyclic) bond motifs is 1. The van der Waals surface area contributed by atoms with Crippen LogP contribution in [0.15, 0.2) is 54.9 Å². The Bertz CT molecular complexity index is 925. The Morgan fingerprint density at radius 3 is 2.96 bits per heavy atom. The minimum Gasteiger partial charge on any atom is -0.367 e. The van der Waals surface area contributed by atoms with Crippen LogP contribution in [-0.4, -0.2) is 34.8 Å². The molecule has 134 valence electrons. The topological polar surface area (TPSA) is 61.7 Å². The molecule has 2 N–H and O–H groups in total. The molecule has 1 saturated heterocycles. The monoisotopic (exact) mass is 353 g/mol. The third-order valence-corrected chi connectivity index (χ3v) is 4.66. The first-order valence-electron chi connectivity index (χ1n) is 8.66. The molecule has 6 nitrogen and oxygen atoms in total. The van der Waals surface area contributed by atoms with Gasteiger partial charge in [-0.3, -0.25) is 0 Å². The first kappa shape index (κ1) is 16.4. The van der Waals surface area contributed by atoms with Gasteiger partial charge in [0, 0.05) is 37.4 Å².